The SMILES string of the molecule is CCO/C=C/C1CCCC(=O)C1. The molecule has 0 aromatic rings. The average Bonchev–Trinajstić information content (AvgIpc) is 2.05. The molecule has 1 atom stereocenters. The van der Waals surface area contributed by atoms with Crippen LogP contribution in [0.5, 0.6) is 0 Å². The molecule has 1 rings (SSSR count). The number of carbonyl (C=O) groups excluding carboxylic acids is 1. The number of rotatable bonds is 3. The third-order valence-electron chi connectivity index (χ3n) is 2.13. The number of allylic oxidation sites excluding steroid dienone is 1. The molecule has 1 aliphatic carbocycles. The minimum Gasteiger partial charge on any atom is -0.502 e. The topological polar surface area (TPSA) is 26.3 Å². The fourth-order valence-corrected chi connectivity index (χ4v) is 1.49. The number of hydrogen-bond acceptors (Lipinski definition) is 2. The van der Waals surface area contributed by atoms with E-state index in [9.17, 15) is 4.79 Å². The summed E-state index contributed by atoms with van der Waals surface area (Å²) in [6.45, 7) is 2.66. The first-order valence-electron chi connectivity index (χ1n) is 4.63. The van der Waals surface area contributed by atoms with Crippen LogP contribution in [0.2, 0.25) is 0 Å². The molecular weight excluding hydrogens is 152 g/mol. The van der Waals surface area contributed by atoms with Crippen molar-refractivity contribution in [2.45, 2.75) is 32.6 Å². The van der Waals surface area contributed by atoms with E-state index in [1.54, 1.807) is 6.26 Å². The molecule has 12 heavy (non-hydrogen) atoms. The molecule has 1 fully saturated rings. The lowest BCUT2D eigenvalue weighted by Crippen LogP contribution is -2.12. The van der Waals surface area contributed by atoms with E-state index in [4.69, 9.17) is 4.74 Å². The quantitative estimate of drug-likeness (QED) is 0.604. The summed E-state index contributed by atoms with van der Waals surface area (Å²) in [6, 6.07) is 0. The second-order valence-corrected chi connectivity index (χ2v) is 3.18. The lowest BCUT2D eigenvalue weighted by atomic mass is 9.88. The summed E-state index contributed by atoms with van der Waals surface area (Å²) in [4.78, 5) is 11.0. The maximum atomic E-state index is 11.0. The standard InChI is InChI=1S/C10H16O2/c1-2-12-7-6-9-4-3-5-10(11)8-9/h6-7,9H,2-5,8H2,1H3/b7-6+. The summed E-state index contributed by atoms with van der Waals surface area (Å²) in [5.41, 5.74) is 0. The Hall–Kier alpha value is -0.790. The van der Waals surface area contributed by atoms with Crippen molar-refractivity contribution in [2.75, 3.05) is 6.61 Å². The van der Waals surface area contributed by atoms with Gasteiger partial charge in [0.1, 0.15) is 5.78 Å². The zero-order chi connectivity index (χ0) is 8.81. The molecule has 68 valence electrons. The second kappa shape index (κ2) is 4.96. The van der Waals surface area contributed by atoms with Gasteiger partial charge < -0.3 is 4.74 Å². The van der Waals surface area contributed by atoms with Crippen molar-refractivity contribution >= 4 is 5.78 Å². The smallest absolute Gasteiger partial charge is 0.133 e. The van der Waals surface area contributed by atoms with Crippen LogP contribution in [0.1, 0.15) is 32.6 Å². The van der Waals surface area contributed by atoms with Gasteiger partial charge in [-0.25, -0.2) is 0 Å². The van der Waals surface area contributed by atoms with Gasteiger partial charge in [0.15, 0.2) is 0 Å². The highest BCUT2D eigenvalue weighted by molar-refractivity contribution is 5.79. The Morgan fingerprint density at radius 2 is 2.50 bits per heavy atom. The van der Waals surface area contributed by atoms with E-state index < -0.39 is 0 Å². The number of hydrogen-bond donors (Lipinski definition) is 0. The molecule has 1 unspecified atom stereocenters. The molecule has 0 aromatic heterocycles. The average molecular weight is 168 g/mol. The monoisotopic (exact) mass is 168 g/mol. The Balaban J connectivity index is 2.26. The Bertz CT molecular complexity index is 173. The van der Waals surface area contributed by atoms with Gasteiger partial charge in [0.2, 0.25) is 0 Å². The Kier molecular flexibility index (Phi) is 3.85. The largest absolute Gasteiger partial charge is 0.502 e. The number of carbonyl (C=O) groups is 1. The highest BCUT2D eigenvalue weighted by Gasteiger charge is 2.16. The van der Waals surface area contributed by atoms with E-state index in [0.717, 1.165) is 19.3 Å². The summed E-state index contributed by atoms with van der Waals surface area (Å²) < 4.78 is 5.08. The van der Waals surface area contributed by atoms with E-state index in [1.165, 1.54) is 0 Å². The highest BCUT2D eigenvalue weighted by Crippen LogP contribution is 2.21. The molecular formula is C10H16O2. The summed E-state index contributed by atoms with van der Waals surface area (Å²) in [7, 11) is 0. The van der Waals surface area contributed by atoms with Crippen molar-refractivity contribution in [3.63, 3.8) is 0 Å². The van der Waals surface area contributed by atoms with Crippen LogP contribution in [0.15, 0.2) is 12.3 Å². The maximum Gasteiger partial charge on any atom is 0.133 e. The van der Waals surface area contributed by atoms with Crippen LogP contribution in [0.4, 0.5) is 0 Å². The number of ketones is 1. The zero-order valence-corrected chi connectivity index (χ0v) is 7.58. The highest BCUT2D eigenvalue weighted by atomic mass is 16.5. The predicted molar refractivity (Wildman–Crippen MR) is 47.7 cm³/mol. The first kappa shape index (κ1) is 9.30. The molecule has 2 nitrogen and oxygen atoms in total. The van der Waals surface area contributed by atoms with Crippen molar-refractivity contribution in [3.05, 3.63) is 12.3 Å². The van der Waals surface area contributed by atoms with Crippen LogP contribution in [0, 0.1) is 5.92 Å². The summed E-state index contributed by atoms with van der Waals surface area (Å²) in [5.74, 6) is 0.824. The van der Waals surface area contributed by atoms with Gasteiger partial charge in [-0.1, -0.05) is 0 Å². The van der Waals surface area contributed by atoms with Crippen molar-refractivity contribution in [1.29, 1.82) is 0 Å². The van der Waals surface area contributed by atoms with E-state index in [2.05, 4.69) is 0 Å². The molecule has 0 saturated heterocycles. The minimum absolute atomic E-state index is 0.396. The second-order valence-electron chi connectivity index (χ2n) is 3.18. The number of Topliss-reactive ketones (excluding diaryl/α,β-unsaturated/α-hetero) is 1. The van der Waals surface area contributed by atoms with E-state index in [1.807, 2.05) is 13.0 Å². The molecule has 1 saturated carbocycles. The third-order valence-corrected chi connectivity index (χ3v) is 2.13. The summed E-state index contributed by atoms with van der Waals surface area (Å²) in [6.07, 6.45) is 7.40. The molecule has 0 spiro atoms. The summed E-state index contributed by atoms with van der Waals surface area (Å²) >= 11 is 0. The molecule has 0 N–H and O–H groups in total. The first-order chi connectivity index (χ1) is 5.83. The maximum absolute atomic E-state index is 11.0. The molecule has 0 heterocycles. The van der Waals surface area contributed by atoms with Crippen LogP contribution in [-0.4, -0.2) is 12.4 Å². The van der Waals surface area contributed by atoms with Gasteiger partial charge in [0, 0.05) is 12.8 Å². The van der Waals surface area contributed by atoms with E-state index >= 15 is 0 Å². The van der Waals surface area contributed by atoms with Crippen molar-refractivity contribution in [1.82, 2.24) is 0 Å². The predicted octanol–water partition coefficient (Wildman–Crippen LogP) is 2.30. The van der Waals surface area contributed by atoms with Crippen molar-refractivity contribution in [3.8, 4) is 0 Å². The van der Waals surface area contributed by atoms with Crippen LogP contribution < -0.4 is 0 Å². The van der Waals surface area contributed by atoms with Crippen molar-refractivity contribution < 1.29 is 9.53 Å². The van der Waals surface area contributed by atoms with Gasteiger partial charge in [-0.15, -0.1) is 0 Å². The van der Waals surface area contributed by atoms with Crippen LogP contribution in [-0.2, 0) is 9.53 Å². The van der Waals surface area contributed by atoms with Crippen LogP contribution in [0.25, 0.3) is 0 Å². The first-order valence-corrected chi connectivity index (χ1v) is 4.63. The molecule has 2 heteroatoms. The summed E-state index contributed by atoms with van der Waals surface area (Å²) in [5, 5.41) is 0. The van der Waals surface area contributed by atoms with Gasteiger partial charge in [-0.3, -0.25) is 4.79 Å². The molecule has 0 bridgehead atoms. The fourth-order valence-electron chi connectivity index (χ4n) is 1.49. The van der Waals surface area contributed by atoms with Gasteiger partial charge in [-0.2, -0.15) is 0 Å². The Labute approximate surface area is 73.6 Å². The van der Waals surface area contributed by atoms with E-state index in [-0.39, 0.29) is 0 Å². The molecule has 0 radical (unpaired) electrons. The van der Waals surface area contributed by atoms with Gasteiger partial charge in [-0.05, 0) is 31.8 Å². The van der Waals surface area contributed by atoms with Crippen LogP contribution in [0.3, 0.4) is 0 Å². The number of ether oxygens (including phenoxy) is 1. The van der Waals surface area contributed by atoms with Crippen LogP contribution >= 0.6 is 0 Å². The molecule has 0 amide bonds. The molecule has 0 aliphatic heterocycles. The van der Waals surface area contributed by atoms with Gasteiger partial charge in [0.05, 0.1) is 12.9 Å². The zero-order valence-electron chi connectivity index (χ0n) is 7.58. The normalized spacial score (nSPS) is 24.8. The Morgan fingerprint density at radius 1 is 1.67 bits per heavy atom. The lowest BCUT2D eigenvalue weighted by molar-refractivity contribution is -0.121. The molecule has 1 aliphatic rings. The van der Waals surface area contributed by atoms with Gasteiger partial charge >= 0.3 is 0 Å². The fraction of sp³-hybridized carbons (Fsp3) is 0.700. The lowest BCUT2D eigenvalue weighted by Gasteiger charge is -2.16. The van der Waals surface area contributed by atoms with E-state index in [0.29, 0.717) is 24.7 Å². The van der Waals surface area contributed by atoms with Crippen molar-refractivity contribution in [2.24, 2.45) is 5.92 Å². The Morgan fingerprint density at radius 3 is 3.17 bits per heavy atom. The molecule has 0 aromatic carbocycles. The van der Waals surface area contributed by atoms with Gasteiger partial charge in [0.25, 0.3) is 0 Å². The minimum atomic E-state index is 0.396. The third kappa shape index (κ3) is 3.07.